The van der Waals surface area contributed by atoms with Gasteiger partial charge in [0.2, 0.25) is 6.69 Å². The molecule has 22 heavy (non-hydrogen) atoms. The number of allylic oxidation sites excluding steroid dienone is 8. The van der Waals surface area contributed by atoms with Gasteiger partial charge in [-0.25, -0.2) is 23.3 Å². The molecule has 2 aliphatic carbocycles. The van der Waals surface area contributed by atoms with Gasteiger partial charge in [0, 0.05) is 25.8 Å². The van der Waals surface area contributed by atoms with Gasteiger partial charge in [-0.2, -0.15) is 11.1 Å². The Hall–Kier alpha value is 0.627. The Labute approximate surface area is 166 Å². The Morgan fingerprint density at radius 2 is 1.05 bits per heavy atom. The van der Waals surface area contributed by atoms with Gasteiger partial charge in [-0.3, -0.25) is 12.2 Å². The molecule has 0 spiro atoms. The first-order chi connectivity index (χ1) is 9.40. The standard InChI is InChI=1S/2C8H11.C2H6Cl2Si.Hf/c2*1-6-4-7(2)8(3)5-6;1-5(2,3)4;/h2*4,8H,1-3H3;1-2H3;/q2*-1;;. The molecule has 2 atom stereocenters. The van der Waals surface area contributed by atoms with Crippen molar-refractivity contribution >= 4 is 28.9 Å². The fraction of sp³-hybridized carbons (Fsp3) is 0.556. The molecule has 0 aromatic rings. The van der Waals surface area contributed by atoms with Crippen LogP contribution >= 0.6 is 22.2 Å². The summed E-state index contributed by atoms with van der Waals surface area (Å²) >= 11 is 10.9. The van der Waals surface area contributed by atoms with E-state index in [1.807, 2.05) is 13.1 Å². The van der Waals surface area contributed by atoms with Gasteiger partial charge in [0.25, 0.3) is 0 Å². The zero-order valence-electron chi connectivity index (χ0n) is 15.1. The average Bonchev–Trinajstić information content (AvgIpc) is 2.68. The Balaban J connectivity index is 0. The van der Waals surface area contributed by atoms with E-state index in [2.05, 4.69) is 65.8 Å². The predicted molar refractivity (Wildman–Crippen MR) is 99.9 cm³/mol. The molecule has 0 aromatic carbocycles. The second kappa shape index (κ2) is 11.2. The predicted octanol–water partition coefficient (Wildman–Crippen LogP) is 6.83. The minimum atomic E-state index is -1.67. The molecule has 124 valence electrons. The molecule has 0 nitrogen and oxygen atoms in total. The van der Waals surface area contributed by atoms with Crippen molar-refractivity contribution in [2.75, 3.05) is 0 Å². The van der Waals surface area contributed by atoms with Gasteiger partial charge >= 0.3 is 0 Å². The van der Waals surface area contributed by atoms with E-state index >= 15 is 0 Å². The number of hydrogen-bond donors (Lipinski definition) is 0. The van der Waals surface area contributed by atoms with Crippen molar-refractivity contribution in [2.45, 2.75) is 54.6 Å². The molecule has 0 aromatic heterocycles. The maximum absolute atomic E-state index is 5.43. The van der Waals surface area contributed by atoms with Crippen molar-refractivity contribution in [3.05, 3.63) is 46.6 Å². The number of rotatable bonds is 0. The van der Waals surface area contributed by atoms with Crippen LogP contribution in [0.3, 0.4) is 0 Å². The van der Waals surface area contributed by atoms with Crippen LogP contribution < -0.4 is 0 Å². The molecular weight excluding hydrogens is 494 g/mol. The summed E-state index contributed by atoms with van der Waals surface area (Å²) in [5.74, 6) is 1.13. The number of halogens is 2. The molecule has 2 rings (SSSR count). The summed E-state index contributed by atoms with van der Waals surface area (Å²) in [5.41, 5.74) is 5.44. The minimum Gasteiger partial charge on any atom is -0.266 e. The van der Waals surface area contributed by atoms with Crippen LogP contribution in [0.1, 0.15) is 41.5 Å². The van der Waals surface area contributed by atoms with E-state index < -0.39 is 6.69 Å². The fourth-order valence-electron chi connectivity index (χ4n) is 1.93. The van der Waals surface area contributed by atoms with Crippen molar-refractivity contribution in [3.8, 4) is 0 Å². The SMILES string of the molecule is CC1=[C-]C(C)C(C)=C1.CC1=[C-]C(C)C(C)=C1.C[Si](C)(Cl)Cl.[Hf]. The van der Waals surface area contributed by atoms with Crippen LogP contribution in [0.25, 0.3) is 0 Å². The summed E-state index contributed by atoms with van der Waals surface area (Å²) in [6.07, 6.45) is 11.0. The van der Waals surface area contributed by atoms with E-state index in [0.29, 0.717) is 11.8 Å². The van der Waals surface area contributed by atoms with Gasteiger partial charge in [-0.1, -0.05) is 53.4 Å². The minimum absolute atomic E-state index is 0. The number of hydrogen-bond acceptors (Lipinski definition) is 0. The molecule has 4 heteroatoms. The van der Waals surface area contributed by atoms with Crippen LogP contribution in [0.4, 0.5) is 0 Å². The smallest absolute Gasteiger partial charge is 0.245 e. The summed E-state index contributed by atoms with van der Waals surface area (Å²) in [4.78, 5) is 0. The molecule has 0 heterocycles. The summed E-state index contributed by atoms with van der Waals surface area (Å²) in [6, 6.07) is 0. The maximum Gasteiger partial charge on any atom is 0.245 e. The molecule has 0 fully saturated rings. The third-order valence-electron chi connectivity index (χ3n) is 3.14. The van der Waals surface area contributed by atoms with Gasteiger partial charge in [0.05, 0.1) is 0 Å². The summed E-state index contributed by atoms with van der Waals surface area (Å²) < 4.78 is 0. The van der Waals surface area contributed by atoms with Crippen LogP contribution in [0.15, 0.2) is 34.4 Å². The van der Waals surface area contributed by atoms with Gasteiger partial charge < -0.3 is 0 Å². The third kappa shape index (κ3) is 13.1. The first kappa shape index (κ1) is 24.9. The quantitative estimate of drug-likeness (QED) is 0.186. The van der Waals surface area contributed by atoms with Crippen LogP contribution in [-0.4, -0.2) is 6.69 Å². The summed E-state index contributed by atoms with van der Waals surface area (Å²) in [5, 5.41) is 0. The average molecular weight is 522 g/mol. The van der Waals surface area contributed by atoms with Gasteiger partial charge in [-0.05, 0) is 13.1 Å². The molecule has 2 aliphatic rings. The first-order valence-electron chi connectivity index (χ1n) is 7.34. The molecule has 0 radical (unpaired) electrons. The zero-order valence-corrected chi connectivity index (χ0v) is 21.2. The van der Waals surface area contributed by atoms with Crippen LogP contribution in [0.5, 0.6) is 0 Å². The van der Waals surface area contributed by atoms with Gasteiger partial charge in [0.1, 0.15) is 0 Å². The Morgan fingerprint density at radius 3 is 1.09 bits per heavy atom. The molecule has 0 aliphatic heterocycles. The molecular formula is C18H28Cl2HfSi-2. The molecule has 0 amide bonds. The van der Waals surface area contributed by atoms with E-state index in [-0.39, 0.29) is 25.8 Å². The van der Waals surface area contributed by atoms with Crippen LogP contribution in [-0.2, 0) is 25.8 Å². The van der Waals surface area contributed by atoms with Crippen molar-refractivity contribution in [1.29, 1.82) is 0 Å². The Bertz CT molecular complexity index is 424. The van der Waals surface area contributed by atoms with E-state index in [1.165, 1.54) is 22.3 Å². The molecule has 0 saturated carbocycles. The first-order valence-corrected chi connectivity index (χ1v) is 12.4. The second-order valence-electron chi connectivity index (χ2n) is 6.20. The van der Waals surface area contributed by atoms with Gasteiger partial charge in [0.15, 0.2) is 0 Å². The summed E-state index contributed by atoms with van der Waals surface area (Å²) in [6.45, 7) is 14.9. The molecule has 0 saturated heterocycles. The normalized spacial score (nSPS) is 22.8. The van der Waals surface area contributed by atoms with E-state index in [4.69, 9.17) is 22.2 Å². The van der Waals surface area contributed by atoms with Crippen molar-refractivity contribution < 1.29 is 25.8 Å². The van der Waals surface area contributed by atoms with Crippen molar-refractivity contribution in [2.24, 2.45) is 11.8 Å². The van der Waals surface area contributed by atoms with E-state index in [9.17, 15) is 0 Å². The summed E-state index contributed by atoms with van der Waals surface area (Å²) in [7, 11) is 0. The molecule has 0 bridgehead atoms. The second-order valence-corrected chi connectivity index (χ2v) is 15.1. The monoisotopic (exact) mass is 522 g/mol. The Morgan fingerprint density at radius 1 is 0.818 bits per heavy atom. The van der Waals surface area contributed by atoms with Gasteiger partial charge in [-0.15, -0.1) is 22.2 Å². The fourth-order valence-corrected chi connectivity index (χ4v) is 1.93. The third-order valence-corrected chi connectivity index (χ3v) is 3.14. The van der Waals surface area contributed by atoms with E-state index in [0.717, 1.165) is 0 Å². The topological polar surface area (TPSA) is 0 Å². The van der Waals surface area contributed by atoms with Crippen molar-refractivity contribution in [1.82, 2.24) is 0 Å². The molecule has 2 unspecified atom stereocenters. The Kier molecular flexibility index (Phi) is 12.7. The van der Waals surface area contributed by atoms with Crippen LogP contribution in [0.2, 0.25) is 13.1 Å². The van der Waals surface area contributed by atoms with Crippen molar-refractivity contribution in [3.63, 3.8) is 0 Å². The molecule has 0 N–H and O–H groups in total. The maximum atomic E-state index is 5.43. The largest absolute Gasteiger partial charge is 0.266 e. The van der Waals surface area contributed by atoms with E-state index in [1.54, 1.807) is 0 Å². The zero-order chi connectivity index (χ0) is 16.8. The van der Waals surface area contributed by atoms with Crippen LogP contribution in [0, 0.1) is 24.0 Å².